The van der Waals surface area contributed by atoms with Crippen molar-refractivity contribution in [1.82, 2.24) is 0 Å². The van der Waals surface area contributed by atoms with Gasteiger partial charge < -0.3 is 4.74 Å². The highest BCUT2D eigenvalue weighted by molar-refractivity contribution is 6.82. The van der Waals surface area contributed by atoms with Gasteiger partial charge in [0.05, 0.1) is 23.3 Å². The van der Waals surface area contributed by atoms with E-state index in [1.807, 2.05) is 12.1 Å². The van der Waals surface area contributed by atoms with Gasteiger partial charge in [0.1, 0.15) is 5.75 Å². The molecule has 0 unspecified atom stereocenters. The average molecular weight is 305 g/mol. The standard InChI is InChI=1S/C17H28OSi2/c1-18-17-10-8-15(9-11-17)16(14-20(5,6)7)12-13-19(2,3)4/h8-14H,1-7H3/b13-12+,16-14-. The van der Waals surface area contributed by atoms with Gasteiger partial charge in [-0.1, -0.05) is 68.9 Å². The van der Waals surface area contributed by atoms with Crippen molar-refractivity contribution in [2.45, 2.75) is 39.3 Å². The number of methoxy groups -OCH3 is 1. The molecule has 0 saturated heterocycles. The van der Waals surface area contributed by atoms with Gasteiger partial charge in [-0.3, -0.25) is 0 Å². The van der Waals surface area contributed by atoms with E-state index < -0.39 is 16.1 Å². The SMILES string of the molecule is COc1ccc(C(=C\[Si](C)(C)C)/C=C/[Si](C)(C)C)cc1. The zero-order valence-electron chi connectivity index (χ0n) is 13.9. The van der Waals surface area contributed by atoms with Gasteiger partial charge in [0, 0.05) is 0 Å². The van der Waals surface area contributed by atoms with Crippen LogP contribution in [-0.4, -0.2) is 23.3 Å². The molecule has 1 nitrogen and oxygen atoms in total. The van der Waals surface area contributed by atoms with Crippen LogP contribution in [0.25, 0.3) is 5.57 Å². The molecule has 0 aliphatic heterocycles. The van der Waals surface area contributed by atoms with Crippen LogP contribution in [-0.2, 0) is 0 Å². The largest absolute Gasteiger partial charge is 0.497 e. The summed E-state index contributed by atoms with van der Waals surface area (Å²) in [7, 11) is -0.720. The first kappa shape index (κ1) is 17.0. The van der Waals surface area contributed by atoms with Crippen molar-refractivity contribution in [2.75, 3.05) is 7.11 Å². The van der Waals surface area contributed by atoms with Crippen molar-refractivity contribution in [3.05, 3.63) is 47.3 Å². The normalized spacial score (nSPS) is 13.8. The Morgan fingerprint density at radius 2 is 1.45 bits per heavy atom. The molecule has 0 N–H and O–H groups in total. The quantitative estimate of drug-likeness (QED) is 0.523. The van der Waals surface area contributed by atoms with E-state index in [-0.39, 0.29) is 0 Å². The lowest BCUT2D eigenvalue weighted by Crippen LogP contribution is -2.17. The van der Waals surface area contributed by atoms with Crippen molar-refractivity contribution in [3.8, 4) is 5.75 Å². The van der Waals surface area contributed by atoms with E-state index in [2.05, 4.69) is 68.9 Å². The topological polar surface area (TPSA) is 9.23 Å². The molecule has 1 aromatic carbocycles. The Kier molecular flexibility index (Phi) is 5.60. The third-order valence-corrected chi connectivity index (χ3v) is 5.12. The summed E-state index contributed by atoms with van der Waals surface area (Å²) in [5.74, 6) is 0.912. The zero-order valence-corrected chi connectivity index (χ0v) is 15.9. The maximum absolute atomic E-state index is 5.24. The molecule has 3 heteroatoms. The van der Waals surface area contributed by atoms with Gasteiger partial charge in [-0.15, -0.1) is 0 Å². The molecule has 0 aliphatic carbocycles. The molecular weight excluding hydrogens is 276 g/mol. The molecule has 1 rings (SSSR count). The molecule has 0 spiro atoms. The van der Waals surface area contributed by atoms with E-state index in [1.165, 1.54) is 11.1 Å². The molecule has 0 radical (unpaired) electrons. The Hall–Kier alpha value is -1.07. The number of ether oxygens (including phenoxy) is 1. The fourth-order valence-electron chi connectivity index (χ4n) is 1.82. The smallest absolute Gasteiger partial charge is 0.118 e. The van der Waals surface area contributed by atoms with Crippen LogP contribution < -0.4 is 4.74 Å². The molecule has 0 saturated carbocycles. The molecule has 0 fully saturated rings. The average Bonchev–Trinajstić information content (AvgIpc) is 2.32. The fraction of sp³-hybridized carbons (Fsp3) is 0.412. The lowest BCUT2D eigenvalue weighted by atomic mass is 10.1. The molecule has 20 heavy (non-hydrogen) atoms. The summed E-state index contributed by atoms with van der Waals surface area (Å²) in [4.78, 5) is 0. The first-order chi connectivity index (χ1) is 9.11. The number of hydrogen-bond acceptors (Lipinski definition) is 1. The fourth-order valence-corrected chi connectivity index (χ4v) is 3.69. The molecule has 0 amide bonds. The second kappa shape index (κ2) is 6.59. The van der Waals surface area contributed by atoms with Crippen molar-refractivity contribution in [1.29, 1.82) is 0 Å². The molecule has 0 aromatic heterocycles. The van der Waals surface area contributed by atoms with E-state index in [0.29, 0.717) is 0 Å². The van der Waals surface area contributed by atoms with Crippen LogP contribution in [0.3, 0.4) is 0 Å². The summed E-state index contributed by atoms with van der Waals surface area (Å²) in [6, 6.07) is 8.38. The predicted molar refractivity (Wildman–Crippen MR) is 96.8 cm³/mol. The minimum absolute atomic E-state index is 0.912. The summed E-state index contributed by atoms with van der Waals surface area (Å²) >= 11 is 0. The van der Waals surface area contributed by atoms with Gasteiger partial charge in [0.2, 0.25) is 0 Å². The second-order valence-corrected chi connectivity index (χ2v) is 17.5. The summed E-state index contributed by atoms with van der Waals surface area (Å²) in [5, 5.41) is 0. The van der Waals surface area contributed by atoms with E-state index >= 15 is 0 Å². The Morgan fingerprint density at radius 1 is 0.900 bits per heavy atom. The lowest BCUT2D eigenvalue weighted by molar-refractivity contribution is 0.415. The van der Waals surface area contributed by atoms with E-state index in [4.69, 9.17) is 4.74 Å². The zero-order chi connectivity index (χ0) is 15.4. The number of allylic oxidation sites excluding steroid dienone is 2. The monoisotopic (exact) mass is 304 g/mol. The van der Waals surface area contributed by atoms with Crippen molar-refractivity contribution < 1.29 is 4.74 Å². The number of rotatable bonds is 5. The highest BCUT2D eigenvalue weighted by Gasteiger charge is 2.13. The number of hydrogen-bond donors (Lipinski definition) is 0. The Morgan fingerprint density at radius 3 is 1.85 bits per heavy atom. The van der Waals surface area contributed by atoms with Crippen LogP contribution in [0, 0.1) is 0 Å². The molecule has 1 aromatic rings. The first-order valence-corrected chi connectivity index (χ1v) is 14.3. The van der Waals surface area contributed by atoms with Crippen LogP contribution in [0.5, 0.6) is 5.75 Å². The third kappa shape index (κ3) is 6.39. The minimum Gasteiger partial charge on any atom is -0.497 e. The van der Waals surface area contributed by atoms with Crippen LogP contribution in [0.2, 0.25) is 39.3 Å². The van der Waals surface area contributed by atoms with E-state index in [0.717, 1.165) is 5.75 Å². The van der Waals surface area contributed by atoms with Gasteiger partial charge in [0.25, 0.3) is 0 Å². The van der Waals surface area contributed by atoms with Gasteiger partial charge in [-0.25, -0.2) is 0 Å². The summed E-state index contributed by atoms with van der Waals surface area (Å²) in [6.07, 6.45) is 2.33. The van der Waals surface area contributed by atoms with E-state index in [9.17, 15) is 0 Å². The van der Waals surface area contributed by atoms with Crippen LogP contribution >= 0.6 is 0 Å². The van der Waals surface area contributed by atoms with Gasteiger partial charge in [-0.05, 0) is 23.3 Å². The van der Waals surface area contributed by atoms with Crippen LogP contribution in [0.1, 0.15) is 5.56 Å². The predicted octanol–water partition coefficient (Wildman–Crippen LogP) is 5.39. The molecule has 0 bridgehead atoms. The van der Waals surface area contributed by atoms with Gasteiger partial charge in [0.15, 0.2) is 0 Å². The highest BCUT2D eigenvalue weighted by Crippen LogP contribution is 2.23. The van der Waals surface area contributed by atoms with Crippen molar-refractivity contribution >= 4 is 21.7 Å². The van der Waals surface area contributed by atoms with Crippen LogP contribution in [0.15, 0.2) is 41.7 Å². The summed E-state index contributed by atoms with van der Waals surface area (Å²) < 4.78 is 5.24. The first-order valence-electron chi connectivity index (χ1n) is 7.17. The highest BCUT2D eigenvalue weighted by atomic mass is 28.3. The van der Waals surface area contributed by atoms with E-state index in [1.54, 1.807) is 7.11 Å². The Bertz CT molecular complexity index is 485. The molecule has 110 valence electrons. The van der Waals surface area contributed by atoms with Crippen molar-refractivity contribution in [2.24, 2.45) is 0 Å². The minimum atomic E-state index is -1.25. The second-order valence-electron chi connectivity index (χ2n) is 7.39. The maximum atomic E-state index is 5.24. The molecule has 0 aliphatic rings. The van der Waals surface area contributed by atoms with Crippen LogP contribution in [0.4, 0.5) is 0 Å². The summed E-state index contributed by atoms with van der Waals surface area (Å²) in [5.41, 5.74) is 7.53. The molecular formula is C17H28OSi2. The summed E-state index contributed by atoms with van der Waals surface area (Å²) in [6.45, 7) is 14.2. The molecule has 0 heterocycles. The Labute approximate surface area is 126 Å². The lowest BCUT2D eigenvalue weighted by Gasteiger charge is -2.15. The van der Waals surface area contributed by atoms with Crippen molar-refractivity contribution in [3.63, 3.8) is 0 Å². The maximum Gasteiger partial charge on any atom is 0.118 e. The Balaban J connectivity index is 3.17. The number of benzene rings is 1. The third-order valence-electron chi connectivity index (χ3n) is 2.77. The van der Waals surface area contributed by atoms with Gasteiger partial charge in [-0.2, -0.15) is 0 Å². The molecule has 0 atom stereocenters. The van der Waals surface area contributed by atoms with Gasteiger partial charge >= 0.3 is 0 Å².